The zero-order valence-electron chi connectivity index (χ0n) is 17.1. The van der Waals surface area contributed by atoms with E-state index in [2.05, 4.69) is 44.2 Å². The summed E-state index contributed by atoms with van der Waals surface area (Å²) in [4.78, 5) is 0. The van der Waals surface area contributed by atoms with Crippen molar-refractivity contribution >= 4 is 22.4 Å². The van der Waals surface area contributed by atoms with Gasteiger partial charge in [-0.05, 0) is 54.7 Å². The van der Waals surface area contributed by atoms with Crippen molar-refractivity contribution in [3.8, 4) is 11.5 Å². The third-order valence-electron chi connectivity index (χ3n) is 4.97. The van der Waals surface area contributed by atoms with Crippen LogP contribution < -0.4 is 9.47 Å². The molecule has 0 saturated heterocycles. The molecular weight excluding hydrogens is 356 g/mol. The fourth-order valence-electron chi connectivity index (χ4n) is 3.39. The molecule has 150 valence electrons. The van der Waals surface area contributed by atoms with E-state index in [1.807, 2.05) is 0 Å². The van der Waals surface area contributed by atoms with Gasteiger partial charge in [0.15, 0.2) is 0 Å². The molecule has 2 aromatic carbocycles. The number of unbranched alkanes of at least 4 members (excludes halogenated alkanes) is 6. The largest absolute Gasteiger partial charge is 0.494 e. The Morgan fingerprint density at radius 3 is 2.26 bits per heavy atom. The topological polar surface area (TPSA) is 18.5 Å². The minimum Gasteiger partial charge on any atom is -0.494 e. The zero-order chi connectivity index (χ0) is 19.3. The Balaban J connectivity index is 1.95. The molecule has 0 radical (unpaired) electrons. The van der Waals surface area contributed by atoms with E-state index in [9.17, 15) is 0 Å². The first kappa shape index (κ1) is 21.9. The minimum absolute atomic E-state index is 0.760. The highest BCUT2D eigenvalue weighted by molar-refractivity contribution is 6.17. The van der Waals surface area contributed by atoms with E-state index in [-0.39, 0.29) is 0 Å². The van der Waals surface area contributed by atoms with Crippen molar-refractivity contribution in [3.63, 3.8) is 0 Å². The molecule has 0 heterocycles. The second kappa shape index (κ2) is 12.9. The molecule has 0 aromatic heterocycles. The summed E-state index contributed by atoms with van der Waals surface area (Å²) in [6.45, 7) is 6.01. The maximum atomic E-state index is 6.08. The average Bonchev–Trinajstić information content (AvgIpc) is 2.70. The molecule has 0 unspecified atom stereocenters. The van der Waals surface area contributed by atoms with Crippen molar-refractivity contribution in [3.05, 3.63) is 35.9 Å². The van der Waals surface area contributed by atoms with Gasteiger partial charge in [0, 0.05) is 11.4 Å². The van der Waals surface area contributed by atoms with Crippen LogP contribution in [0.5, 0.6) is 11.5 Å². The van der Waals surface area contributed by atoms with Crippen LogP contribution >= 0.6 is 11.6 Å². The predicted molar refractivity (Wildman–Crippen MR) is 118 cm³/mol. The van der Waals surface area contributed by atoms with Crippen molar-refractivity contribution in [2.45, 2.75) is 71.6 Å². The lowest BCUT2D eigenvalue weighted by Crippen LogP contribution is -2.01. The maximum absolute atomic E-state index is 6.08. The van der Waals surface area contributed by atoms with Gasteiger partial charge in [-0.2, -0.15) is 0 Å². The average molecular weight is 391 g/mol. The third-order valence-corrected chi connectivity index (χ3v) is 5.23. The van der Waals surface area contributed by atoms with Crippen LogP contribution in [0.1, 0.15) is 70.8 Å². The normalized spacial score (nSPS) is 11.1. The molecule has 0 aliphatic carbocycles. The molecule has 0 saturated carbocycles. The second-order valence-electron chi connectivity index (χ2n) is 7.14. The van der Waals surface area contributed by atoms with Crippen LogP contribution in [0.3, 0.4) is 0 Å². The molecule has 0 N–H and O–H groups in total. The van der Waals surface area contributed by atoms with Gasteiger partial charge < -0.3 is 9.47 Å². The molecule has 3 heteroatoms. The van der Waals surface area contributed by atoms with E-state index in [1.165, 1.54) is 48.4 Å². The van der Waals surface area contributed by atoms with E-state index in [4.69, 9.17) is 21.1 Å². The number of hydrogen-bond donors (Lipinski definition) is 0. The van der Waals surface area contributed by atoms with Gasteiger partial charge in [0.05, 0.1) is 13.2 Å². The van der Waals surface area contributed by atoms with Gasteiger partial charge in [-0.3, -0.25) is 0 Å². The van der Waals surface area contributed by atoms with E-state index in [1.54, 1.807) is 0 Å². The first-order valence-corrected chi connectivity index (χ1v) is 11.2. The number of halogens is 1. The summed E-state index contributed by atoms with van der Waals surface area (Å²) in [6, 6.07) is 10.7. The molecular formula is C24H35ClO2. The van der Waals surface area contributed by atoms with Gasteiger partial charge in [-0.25, -0.2) is 0 Å². The molecule has 2 nitrogen and oxygen atoms in total. The quantitative estimate of drug-likeness (QED) is 0.245. The number of hydrogen-bond acceptors (Lipinski definition) is 2. The molecule has 2 rings (SSSR count). The lowest BCUT2D eigenvalue weighted by molar-refractivity contribution is 0.302. The van der Waals surface area contributed by atoms with E-state index in [0.717, 1.165) is 56.3 Å². The van der Waals surface area contributed by atoms with Crippen LogP contribution in [-0.4, -0.2) is 19.1 Å². The predicted octanol–water partition coefficient (Wildman–Crippen LogP) is 7.54. The molecule has 27 heavy (non-hydrogen) atoms. The second-order valence-corrected chi connectivity index (χ2v) is 7.52. The lowest BCUT2D eigenvalue weighted by atomic mass is 10.0. The van der Waals surface area contributed by atoms with Crippen LogP contribution in [0.2, 0.25) is 0 Å². The monoisotopic (exact) mass is 390 g/mol. The van der Waals surface area contributed by atoms with Crippen molar-refractivity contribution in [1.29, 1.82) is 0 Å². The first-order chi connectivity index (χ1) is 13.3. The standard InChI is InChI=1S/C24H35ClO2/c1-3-5-6-10-17-26-21-13-14-23-20(19-21)12-15-24(22(23)4-2)27-18-11-8-7-9-16-25/h12-15,19H,3-11,16-18H2,1-2H3. The Labute approximate surface area is 170 Å². The molecule has 0 amide bonds. The fourth-order valence-corrected chi connectivity index (χ4v) is 3.58. The summed E-state index contributed by atoms with van der Waals surface area (Å²) >= 11 is 5.72. The van der Waals surface area contributed by atoms with Gasteiger partial charge in [-0.1, -0.05) is 58.1 Å². The zero-order valence-corrected chi connectivity index (χ0v) is 17.8. The van der Waals surface area contributed by atoms with Gasteiger partial charge in [0.25, 0.3) is 0 Å². The number of fused-ring (bicyclic) bond motifs is 1. The van der Waals surface area contributed by atoms with E-state index >= 15 is 0 Å². The van der Waals surface area contributed by atoms with Crippen LogP contribution in [0.4, 0.5) is 0 Å². The molecule has 0 bridgehead atoms. The van der Waals surface area contributed by atoms with Crippen LogP contribution in [0.15, 0.2) is 30.3 Å². The van der Waals surface area contributed by atoms with Crippen molar-refractivity contribution in [2.75, 3.05) is 19.1 Å². The summed E-state index contributed by atoms with van der Waals surface area (Å²) in [5.41, 5.74) is 1.29. The van der Waals surface area contributed by atoms with E-state index in [0.29, 0.717) is 0 Å². The summed E-state index contributed by atoms with van der Waals surface area (Å²) in [7, 11) is 0. The number of ether oxygens (including phenoxy) is 2. The highest BCUT2D eigenvalue weighted by Crippen LogP contribution is 2.31. The number of rotatable bonds is 14. The van der Waals surface area contributed by atoms with Crippen molar-refractivity contribution < 1.29 is 9.47 Å². The van der Waals surface area contributed by atoms with Crippen LogP contribution in [0.25, 0.3) is 10.8 Å². The molecule has 2 aromatic rings. The van der Waals surface area contributed by atoms with Gasteiger partial charge >= 0.3 is 0 Å². The molecule has 0 atom stereocenters. The van der Waals surface area contributed by atoms with Crippen molar-refractivity contribution in [2.24, 2.45) is 0 Å². The van der Waals surface area contributed by atoms with E-state index < -0.39 is 0 Å². The van der Waals surface area contributed by atoms with Crippen LogP contribution in [0, 0.1) is 0 Å². The Morgan fingerprint density at radius 1 is 0.778 bits per heavy atom. The first-order valence-electron chi connectivity index (χ1n) is 10.7. The third kappa shape index (κ3) is 7.25. The Hall–Kier alpha value is -1.41. The summed E-state index contributed by atoms with van der Waals surface area (Å²) in [5.74, 6) is 2.75. The number of aryl methyl sites for hydroxylation is 1. The highest BCUT2D eigenvalue weighted by atomic mass is 35.5. The number of benzene rings is 2. The minimum atomic E-state index is 0.760. The Kier molecular flexibility index (Phi) is 10.4. The van der Waals surface area contributed by atoms with Crippen LogP contribution in [-0.2, 0) is 6.42 Å². The van der Waals surface area contributed by atoms with Crippen molar-refractivity contribution in [1.82, 2.24) is 0 Å². The Morgan fingerprint density at radius 2 is 1.52 bits per heavy atom. The molecule has 0 fully saturated rings. The van der Waals surface area contributed by atoms with Gasteiger partial charge in [0.1, 0.15) is 11.5 Å². The Bertz CT molecular complexity index is 669. The molecule has 0 spiro atoms. The maximum Gasteiger partial charge on any atom is 0.123 e. The fraction of sp³-hybridized carbons (Fsp3) is 0.583. The van der Waals surface area contributed by atoms with Gasteiger partial charge in [0.2, 0.25) is 0 Å². The SMILES string of the molecule is CCCCCCOc1ccc2c(CC)c(OCCCCCCCl)ccc2c1. The summed E-state index contributed by atoms with van der Waals surface area (Å²) in [5, 5.41) is 2.50. The highest BCUT2D eigenvalue weighted by Gasteiger charge is 2.08. The summed E-state index contributed by atoms with van der Waals surface area (Å²) in [6.07, 6.45) is 10.4. The molecule has 0 aliphatic rings. The van der Waals surface area contributed by atoms with Gasteiger partial charge in [-0.15, -0.1) is 11.6 Å². The number of alkyl halides is 1. The smallest absolute Gasteiger partial charge is 0.123 e. The summed E-state index contributed by atoms with van der Waals surface area (Å²) < 4.78 is 12.0. The lowest BCUT2D eigenvalue weighted by Gasteiger charge is -2.14. The molecule has 0 aliphatic heterocycles.